The van der Waals surface area contributed by atoms with Gasteiger partial charge in [0.25, 0.3) is 0 Å². The van der Waals surface area contributed by atoms with Crippen LogP contribution in [0.5, 0.6) is 5.75 Å². The highest BCUT2D eigenvalue weighted by Gasteiger charge is 2.26. The van der Waals surface area contributed by atoms with Crippen LogP contribution >= 0.6 is 11.6 Å². The SMILES string of the molecule is CC(C)(C)OC(=O)N[C@H]1CC[C@H](Oc2cc(Cl)c3c(N)ncc(-c4cc5ccccc5o4)c3c2)CC1. The molecule has 3 N–H and O–H groups in total. The van der Waals surface area contributed by atoms with E-state index in [0.29, 0.717) is 27.7 Å². The molecule has 1 aliphatic rings. The number of nitrogens with two attached hydrogens (primary N) is 1. The zero-order valence-electron chi connectivity index (χ0n) is 20.6. The molecular weight excluding hydrogens is 478 g/mol. The molecule has 2 aromatic carbocycles. The quantitative estimate of drug-likeness (QED) is 0.305. The average molecular weight is 508 g/mol. The Morgan fingerprint density at radius 1 is 1.14 bits per heavy atom. The van der Waals surface area contributed by atoms with E-state index in [0.717, 1.165) is 47.6 Å². The largest absolute Gasteiger partial charge is 0.490 e. The number of anilines is 1. The number of aromatic nitrogens is 1. The van der Waals surface area contributed by atoms with Crippen molar-refractivity contribution >= 4 is 45.3 Å². The molecule has 5 rings (SSSR count). The third-order valence-corrected chi connectivity index (χ3v) is 6.63. The summed E-state index contributed by atoms with van der Waals surface area (Å²) in [6.07, 6.45) is 4.60. The maximum absolute atomic E-state index is 12.1. The first-order valence-electron chi connectivity index (χ1n) is 12.2. The Hall–Kier alpha value is -3.45. The van der Waals surface area contributed by atoms with Gasteiger partial charge in [-0.3, -0.25) is 0 Å². The molecule has 0 unspecified atom stereocenters. The number of nitrogens with one attached hydrogen (secondary N) is 1. The molecule has 0 aliphatic heterocycles. The van der Waals surface area contributed by atoms with Gasteiger partial charge in [0.1, 0.15) is 28.5 Å². The standard InChI is InChI=1S/C28H30ClN3O4/c1-28(2,3)36-27(33)32-17-8-10-18(11-9-17)34-19-13-20-21(15-31-26(30)25(20)22(29)14-19)24-12-16-6-4-5-7-23(16)35-24/h4-7,12-15,17-18H,8-11H2,1-3H3,(H2,30,31)(H,32,33)/t17-,18-. The minimum absolute atomic E-state index is 0.0176. The molecule has 1 amide bonds. The minimum atomic E-state index is -0.514. The molecule has 2 heterocycles. The summed E-state index contributed by atoms with van der Waals surface area (Å²) in [6, 6.07) is 13.7. The van der Waals surface area contributed by atoms with E-state index in [9.17, 15) is 4.79 Å². The monoisotopic (exact) mass is 507 g/mol. The van der Waals surface area contributed by atoms with E-state index < -0.39 is 5.60 Å². The van der Waals surface area contributed by atoms with Gasteiger partial charge in [-0.1, -0.05) is 29.8 Å². The predicted molar refractivity (Wildman–Crippen MR) is 142 cm³/mol. The van der Waals surface area contributed by atoms with Crippen molar-refractivity contribution in [1.82, 2.24) is 10.3 Å². The van der Waals surface area contributed by atoms with E-state index in [-0.39, 0.29) is 18.2 Å². The fourth-order valence-electron chi connectivity index (χ4n) is 4.69. The van der Waals surface area contributed by atoms with E-state index in [1.54, 1.807) is 12.3 Å². The summed E-state index contributed by atoms with van der Waals surface area (Å²) in [5.74, 6) is 1.71. The highest BCUT2D eigenvalue weighted by Crippen LogP contribution is 2.40. The highest BCUT2D eigenvalue weighted by atomic mass is 35.5. The zero-order valence-corrected chi connectivity index (χ0v) is 21.4. The van der Waals surface area contributed by atoms with Crippen molar-refractivity contribution in [2.24, 2.45) is 0 Å². The number of nitrogen functional groups attached to an aromatic ring is 1. The molecule has 2 aromatic heterocycles. The lowest BCUT2D eigenvalue weighted by Gasteiger charge is -2.30. The third kappa shape index (κ3) is 5.21. The van der Waals surface area contributed by atoms with Gasteiger partial charge in [0.15, 0.2) is 0 Å². The van der Waals surface area contributed by atoms with Crippen LogP contribution in [0.3, 0.4) is 0 Å². The lowest BCUT2D eigenvalue weighted by Crippen LogP contribution is -2.42. The van der Waals surface area contributed by atoms with E-state index in [1.165, 1.54) is 0 Å². The molecule has 4 aromatic rings. The summed E-state index contributed by atoms with van der Waals surface area (Å²) in [7, 11) is 0. The molecule has 8 heteroatoms. The number of halogens is 1. The molecule has 1 aliphatic carbocycles. The Bertz CT molecular complexity index is 1380. The number of rotatable bonds is 4. The lowest BCUT2D eigenvalue weighted by molar-refractivity contribution is 0.0471. The maximum atomic E-state index is 12.1. The van der Waals surface area contributed by atoms with Crippen LogP contribution in [0.4, 0.5) is 10.6 Å². The smallest absolute Gasteiger partial charge is 0.407 e. The van der Waals surface area contributed by atoms with Crippen LogP contribution in [-0.2, 0) is 4.74 Å². The number of para-hydroxylation sites is 1. The summed E-state index contributed by atoms with van der Waals surface area (Å²) in [4.78, 5) is 16.5. The number of hydrogen-bond donors (Lipinski definition) is 2. The summed E-state index contributed by atoms with van der Waals surface area (Å²) < 4.78 is 17.8. The number of fused-ring (bicyclic) bond motifs is 2. The normalized spacial score (nSPS) is 18.3. The van der Waals surface area contributed by atoms with E-state index >= 15 is 0 Å². The number of nitrogens with zero attached hydrogens (tertiary/aromatic N) is 1. The van der Waals surface area contributed by atoms with Crippen LogP contribution in [-0.4, -0.2) is 28.8 Å². The zero-order chi connectivity index (χ0) is 25.4. The second-order valence-corrected chi connectivity index (χ2v) is 10.7. The predicted octanol–water partition coefficient (Wildman–Crippen LogP) is 7.10. The summed E-state index contributed by atoms with van der Waals surface area (Å²) >= 11 is 6.66. The Kier molecular flexibility index (Phi) is 6.43. The van der Waals surface area contributed by atoms with Crippen molar-refractivity contribution in [3.05, 3.63) is 53.7 Å². The van der Waals surface area contributed by atoms with Crippen molar-refractivity contribution in [1.29, 1.82) is 0 Å². The van der Waals surface area contributed by atoms with Gasteiger partial charge in [-0.15, -0.1) is 0 Å². The fourth-order valence-corrected chi connectivity index (χ4v) is 5.00. The molecule has 0 bridgehead atoms. The summed E-state index contributed by atoms with van der Waals surface area (Å²) in [6.45, 7) is 5.57. The maximum Gasteiger partial charge on any atom is 0.407 e. The fraction of sp³-hybridized carbons (Fsp3) is 0.357. The number of furan rings is 1. The Labute approximate surface area is 214 Å². The van der Waals surface area contributed by atoms with Crippen molar-refractivity contribution in [3.63, 3.8) is 0 Å². The Morgan fingerprint density at radius 2 is 1.89 bits per heavy atom. The van der Waals surface area contributed by atoms with Gasteiger partial charge < -0.3 is 24.9 Å². The van der Waals surface area contributed by atoms with Crippen LogP contribution in [0, 0.1) is 0 Å². The number of alkyl carbamates (subject to hydrolysis) is 1. The summed E-state index contributed by atoms with van der Waals surface area (Å²) in [5, 5.41) is 5.95. The first kappa shape index (κ1) is 24.3. The molecule has 0 atom stereocenters. The number of carbonyl (C=O) groups is 1. The first-order valence-corrected chi connectivity index (χ1v) is 12.6. The van der Waals surface area contributed by atoms with Crippen molar-refractivity contribution < 1.29 is 18.7 Å². The van der Waals surface area contributed by atoms with Crippen LogP contribution in [0.25, 0.3) is 33.1 Å². The van der Waals surface area contributed by atoms with Gasteiger partial charge in [-0.2, -0.15) is 0 Å². The average Bonchev–Trinajstić information content (AvgIpc) is 3.23. The van der Waals surface area contributed by atoms with Crippen LogP contribution in [0.15, 0.2) is 53.1 Å². The van der Waals surface area contributed by atoms with Gasteiger partial charge in [-0.05, 0) is 70.7 Å². The molecular formula is C28H30ClN3O4. The third-order valence-electron chi connectivity index (χ3n) is 6.33. The number of pyridine rings is 1. The number of amides is 1. The van der Waals surface area contributed by atoms with Gasteiger partial charge in [0, 0.05) is 34.0 Å². The van der Waals surface area contributed by atoms with Gasteiger partial charge >= 0.3 is 6.09 Å². The molecule has 7 nitrogen and oxygen atoms in total. The lowest BCUT2D eigenvalue weighted by atomic mass is 9.93. The van der Waals surface area contributed by atoms with Crippen molar-refractivity contribution in [2.45, 2.75) is 64.2 Å². The number of benzene rings is 2. The Morgan fingerprint density at radius 3 is 2.61 bits per heavy atom. The highest BCUT2D eigenvalue weighted by molar-refractivity contribution is 6.37. The number of ether oxygens (including phenoxy) is 2. The van der Waals surface area contributed by atoms with Gasteiger partial charge in [-0.25, -0.2) is 9.78 Å². The van der Waals surface area contributed by atoms with Gasteiger partial charge in [0.2, 0.25) is 0 Å². The van der Waals surface area contributed by atoms with Crippen LogP contribution in [0.2, 0.25) is 5.02 Å². The number of carbonyl (C=O) groups excluding carboxylic acids is 1. The topological polar surface area (TPSA) is 99.6 Å². The molecule has 0 radical (unpaired) electrons. The molecule has 0 spiro atoms. The Balaban J connectivity index is 1.35. The van der Waals surface area contributed by atoms with E-state index in [2.05, 4.69) is 10.3 Å². The molecule has 188 valence electrons. The second kappa shape index (κ2) is 9.54. The van der Waals surface area contributed by atoms with E-state index in [1.807, 2.05) is 57.2 Å². The second-order valence-electron chi connectivity index (χ2n) is 10.3. The number of hydrogen-bond acceptors (Lipinski definition) is 6. The van der Waals surface area contributed by atoms with Gasteiger partial charge in [0.05, 0.1) is 11.1 Å². The summed E-state index contributed by atoms with van der Waals surface area (Å²) in [5.41, 5.74) is 7.28. The minimum Gasteiger partial charge on any atom is -0.490 e. The molecule has 0 saturated heterocycles. The van der Waals surface area contributed by atoms with Crippen LogP contribution < -0.4 is 15.8 Å². The molecule has 36 heavy (non-hydrogen) atoms. The van der Waals surface area contributed by atoms with E-state index in [4.69, 9.17) is 31.2 Å². The van der Waals surface area contributed by atoms with Crippen LogP contribution in [0.1, 0.15) is 46.5 Å². The molecule has 1 fully saturated rings. The molecule has 1 saturated carbocycles. The van der Waals surface area contributed by atoms with Crippen molar-refractivity contribution in [2.75, 3.05) is 5.73 Å². The van der Waals surface area contributed by atoms with Crippen molar-refractivity contribution in [3.8, 4) is 17.1 Å². The first-order chi connectivity index (χ1) is 17.2.